The Bertz CT molecular complexity index is 744. The van der Waals surface area contributed by atoms with Gasteiger partial charge >= 0.3 is 0 Å². The maximum absolute atomic E-state index is 12.3. The minimum atomic E-state index is -3.61. The van der Waals surface area contributed by atoms with Crippen LogP contribution in [0.3, 0.4) is 0 Å². The van der Waals surface area contributed by atoms with E-state index in [4.69, 9.17) is 17.3 Å². The molecule has 108 valence electrons. The maximum Gasteiger partial charge on any atom is 0.241 e. The molecule has 0 radical (unpaired) electrons. The second-order valence-electron chi connectivity index (χ2n) is 4.17. The maximum atomic E-state index is 12.3. The van der Waals surface area contributed by atoms with E-state index in [1.54, 1.807) is 25.1 Å². The summed E-state index contributed by atoms with van der Waals surface area (Å²) in [5, 5.41) is 0. The fourth-order valence-electron chi connectivity index (χ4n) is 1.65. The zero-order chi connectivity index (χ0) is 14.9. The van der Waals surface area contributed by atoms with Gasteiger partial charge in [-0.05, 0) is 52.7 Å². The van der Waals surface area contributed by atoms with E-state index in [1.165, 1.54) is 17.4 Å². The van der Waals surface area contributed by atoms with Crippen molar-refractivity contribution in [3.05, 3.63) is 43.5 Å². The molecule has 1 heterocycles. The van der Waals surface area contributed by atoms with E-state index >= 15 is 0 Å². The molecule has 8 heteroatoms. The Morgan fingerprint density at radius 1 is 1.40 bits per heavy atom. The normalized spacial score (nSPS) is 11.8. The molecule has 2 rings (SSSR count). The van der Waals surface area contributed by atoms with Crippen LogP contribution in [0.25, 0.3) is 0 Å². The number of rotatable bonds is 4. The second-order valence-corrected chi connectivity index (χ2v) is 8.56. The van der Waals surface area contributed by atoms with Crippen LogP contribution >= 0.6 is 38.9 Å². The monoisotopic (exact) mass is 394 g/mol. The number of anilines is 1. The number of nitrogens with one attached hydrogen (secondary N) is 1. The van der Waals surface area contributed by atoms with Gasteiger partial charge in [0.15, 0.2) is 0 Å². The molecule has 0 spiro atoms. The van der Waals surface area contributed by atoms with Crippen molar-refractivity contribution in [2.24, 2.45) is 0 Å². The summed E-state index contributed by atoms with van der Waals surface area (Å²) in [6, 6.07) is 6.66. The van der Waals surface area contributed by atoms with Crippen LogP contribution < -0.4 is 10.5 Å². The van der Waals surface area contributed by atoms with E-state index in [1.807, 2.05) is 0 Å². The van der Waals surface area contributed by atoms with E-state index in [2.05, 4.69) is 20.7 Å². The quantitative estimate of drug-likeness (QED) is 0.778. The molecule has 4 nitrogen and oxygen atoms in total. The first-order chi connectivity index (χ1) is 9.29. The van der Waals surface area contributed by atoms with Crippen LogP contribution in [-0.2, 0) is 16.6 Å². The highest BCUT2D eigenvalue weighted by molar-refractivity contribution is 9.10. The summed E-state index contributed by atoms with van der Waals surface area (Å²) < 4.78 is 28.4. The molecular formula is C12H12BrClN2O2S2. The zero-order valence-corrected chi connectivity index (χ0v) is 14.5. The molecule has 0 aliphatic heterocycles. The van der Waals surface area contributed by atoms with Gasteiger partial charge in [0.05, 0.1) is 9.23 Å². The highest BCUT2D eigenvalue weighted by Crippen LogP contribution is 2.27. The molecule has 1 aromatic heterocycles. The number of sulfonamides is 1. The van der Waals surface area contributed by atoms with Crippen molar-refractivity contribution in [3.8, 4) is 0 Å². The Morgan fingerprint density at radius 2 is 2.10 bits per heavy atom. The molecule has 0 amide bonds. The number of nitrogens with two attached hydrogens (primary N) is 1. The summed E-state index contributed by atoms with van der Waals surface area (Å²) in [4.78, 5) is 1.03. The predicted octanol–water partition coefficient (Wildman–Crippen LogP) is 3.53. The Morgan fingerprint density at radius 3 is 2.70 bits per heavy atom. The number of hydrogen-bond donors (Lipinski definition) is 2. The SMILES string of the molecule is Cc1cc(Br)c(N)cc1S(=O)(=O)NCc1ccc(Cl)s1. The smallest absolute Gasteiger partial charge is 0.241 e. The Hall–Kier alpha value is -0.600. The third kappa shape index (κ3) is 3.53. The predicted molar refractivity (Wildman–Crippen MR) is 86.6 cm³/mol. The molecule has 0 saturated carbocycles. The van der Waals surface area contributed by atoms with Gasteiger partial charge < -0.3 is 5.73 Å². The minimum Gasteiger partial charge on any atom is -0.398 e. The van der Waals surface area contributed by atoms with Gasteiger partial charge in [0.2, 0.25) is 10.0 Å². The first-order valence-corrected chi connectivity index (χ1v) is 9.06. The largest absolute Gasteiger partial charge is 0.398 e. The second kappa shape index (κ2) is 6.03. The molecule has 3 N–H and O–H groups in total. The lowest BCUT2D eigenvalue weighted by Gasteiger charge is -2.10. The van der Waals surface area contributed by atoms with Gasteiger partial charge in [-0.2, -0.15) is 0 Å². The summed E-state index contributed by atoms with van der Waals surface area (Å²) in [6.45, 7) is 1.93. The number of halogens is 2. The molecule has 0 saturated heterocycles. The summed E-state index contributed by atoms with van der Waals surface area (Å²) in [5.74, 6) is 0. The molecule has 0 fully saturated rings. The van der Waals surface area contributed by atoms with E-state index < -0.39 is 10.0 Å². The van der Waals surface area contributed by atoms with E-state index in [9.17, 15) is 8.42 Å². The number of benzene rings is 1. The standard InChI is InChI=1S/C12H12BrClN2O2S2/c1-7-4-9(13)10(15)5-11(7)20(17,18)16-6-8-2-3-12(14)19-8/h2-5,16H,6,15H2,1H3. The highest BCUT2D eigenvalue weighted by Gasteiger charge is 2.18. The van der Waals surface area contributed by atoms with E-state index in [0.29, 0.717) is 20.1 Å². The van der Waals surface area contributed by atoms with E-state index in [-0.39, 0.29) is 11.4 Å². The lowest BCUT2D eigenvalue weighted by molar-refractivity contribution is 0.581. The zero-order valence-electron chi connectivity index (χ0n) is 10.5. The number of thiophene rings is 1. The summed E-state index contributed by atoms with van der Waals surface area (Å²) in [7, 11) is -3.61. The van der Waals surface area contributed by atoms with Crippen molar-refractivity contribution >= 4 is 54.6 Å². The van der Waals surface area contributed by atoms with Crippen LogP contribution in [0.5, 0.6) is 0 Å². The average molecular weight is 396 g/mol. The van der Waals surface area contributed by atoms with E-state index in [0.717, 1.165) is 4.88 Å². The summed E-state index contributed by atoms with van der Waals surface area (Å²) in [6.07, 6.45) is 0. The van der Waals surface area contributed by atoms with Gasteiger partial charge in [0, 0.05) is 21.6 Å². The van der Waals surface area contributed by atoms with Crippen molar-refractivity contribution in [3.63, 3.8) is 0 Å². The Balaban J connectivity index is 2.24. The molecule has 0 atom stereocenters. The highest BCUT2D eigenvalue weighted by atomic mass is 79.9. The lowest BCUT2D eigenvalue weighted by atomic mass is 10.2. The Kier molecular flexibility index (Phi) is 4.76. The first-order valence-electron chi connectivity index (χ1n) is 5.59. The summed E-state index contributed by atoms with van der Waals surface area (Å²) >= 11 is 10.4. The molecule has 20 heavy (non-hydrogen) atoms. The first kappa shape index (κ1) is 15.8. The van der Waals surface area contributed by atoms with Crippen LogP contribution in [0.4, 0.5) is 5.69 Å². The third-order valence-electron chi connectivity index (χ3n) is 2.65. The van der Waals surface area contributed by atoms with Gasteiger partial charge in [-0.1, -0.05) is 11.6 Å². The van der Waals surface area contributed by atoms with Crippen LogP contribution in [0.2, 0.25) is 4.34 Å². The van der Waals surface area contributed by atoms with Crippen LogP contribution in [-0.4, -0.2) is 8.42 Å². The third-order valence-corrected chi connectivity index (χ3v) is 6.11. The van der Waals surface area contributed by atoms with Gasteiger partial charge in [-0.15, -0.1) is 11.3 Å². The number of aryl methyl sites for hydroxylation is 1. The van der Waals surface area contributed by atoms with Crippen LogP contribution in [0.1, 0.15) is 10.4 Å². The molecule has 0 unspecified atom stereocenters. The number of nitrogen functional groups attached to an aromatic ring is 1. The fourth-order valence-corrected chi connectivity index (χ4v) is 4.49. The molecule has 0 aliphatic rings. The van der Waals surface area contributed by atoms with Gasteiger partial charge in [0.1, 0.15) is 0 Å². The molecular weight excluding hydrogens is 384 g/mol. The average Bonchev–Trinajstić information content (AvgIpc) is 2.77. The topological polar surface area (TPSA) is 72.2 Å². The summed E-state index contributed by atoms with van der Waals surface area (Å²) in [5.41, 5.74) is 6.75. The number of hydrogen-bond acceptors (Lipinski definition) is 4. The van der Waals surface area contributed by atoms with Crippen LogP contribution in [0, 0.1) is 6.92 Å². The van der Waals surface area contributed by atoms with Gasteiger partial charge in [-0.3, -0.25) is 0 Å². The molecule has 0 aliphatic carbocycles. The Labute approximate surface area is 135 Å². The van der Waals surface area contributed by atoms with Crippen molar-refractivity contribution in [2.45, 2.75) is 18.4 Å². The van der Waals surface area contributed by atoms with Crippen molar-refractivity contribution in [1.29, 1.82) is 0 Å². The minimum absolute atomic E-state index is 0.181. The van der Waals surface area contributed by atoms with Crippen molar-refractivity contribution < 1.29 is 8.42 Å². The lowest BCUT2D eigenvalue weighted by Crippen LogP contribution is -2.23. The molecule has 1 aromatic carbocycles. The van der Waals surface area contributed by atoms with Crippen molar-refractivity contribution in [1.82, 2.24) is 4.72 Å². The van der Waals surface area contributed by atoms with Crippen LogP contribution in [0.15, 0.2) is 33.6 Å². The molecule has 0 bridgehead atoms. The fraction of sp³-hybridized carbons (Fsp3) is 0.167. The van der Waals surface area contributed by atoms with Gasteiger partial charge in [-0.25, -0.2) is 13.1 Å². The van der Waals surface area contributed by atoms with Crippen molar-refractivity contribution in [2.75, 3.05) is 5.73 Å². The van der Waals surface area contributed by atoms with Gasteiger partial charge in [0.25, 0.3) is 0 Å². The molecule has 2 aromatic rings.